The van der Waals surface area contributed by atoms with Crippen molar-refractivity contribution >= 4 is 27.6 Å². The highest BCUT2D eigenvalue weighted by atomic mass is 16.5. The van der Waals surface area contributed by atoms with Crippen molar-refractivity contribution in [1.82, 2.24) is 9.55 Å². The van der Waals surface area contributed by atoms with E-state index in [0.717, 1.165) is 21.9 Å². The van der Waals surface area contributed by atoms with E-state index in [2.05, 4.69) is 11.1 Å². The molecule has 0 spiro atoms. The predicted octanol–water partition coefficient (Wildman–Crippen LogP) is 3.94. The number of carbonyl (C=O) groups is 1. The van der Waals surface area contributed by atoms with Crippen molar-refractivity contribution in [2.45, 2.75) is 6.54 Å². The molecule has 5 nitrogen and oxygen atoms in total. The summed E-state index contributed by atoms with van der Waals surface area (Å²) in [5.41, 5.74) is 2.23. The van der Waals surface area contributed by atoms with E-state index in [1.807, 2.05) is 35.0 Å². The fraction of sp³-hybridized carbons (Fsp3) is 0.100. The van der Waals surface area contributed by atoms with Crippen molar-refractivity contribution < 1.29 is 14.6 Å². The van der Waals surface area contributed by atoms with Crippen molar-refractivity contribution in [3.63, 3.8) is 0 Å². The Bertz CT molecular complexity index is 1100. The number of aromatic nitrogens is 2. The molecule has 0 aliphatic rings. The molecule has 2 aromatic carbocycles. The third-order valence-corrected chi connectivity index (χ3v) is 4.38. The predicted molar refractivity (Wildman–Crippen MR) is 96.3 cm³/mol. The lowest BCUT2D eigenvalue weighted by Crippen LogP contribution is -1.99. The van der Waals surface area contributed by atoms with Gasteiger partial charge in [-0.15, -0.1) is 0 Å². The van der Waals surface area contributed by atoms with Gasteiger partial charge in [0.1, 0.15) is 5.75 Å². The highest BCUT2D eigenvalue weighted by Gasteiger charge is 2.15. The van der Waals surface area contributed by atoms with Gasteiger partial charge in [-0.05, 0) is 35.2 Å². The van der Waals surface area contributed by atoms with Gasteiger partial charge in [-0.2, -0.15) is 0 Å². The van der Waals surface area contributed by atoms with Gasteiger partial charge in [0.2, 0.25) is 0 Å². The first kappa shape index (κ1) is 15.2. The second-order valence-corrected chi connectivity index (χ2v) is 5.92. The maximum atomic E-state index is 11.6. The number of ether oxygens (including phenoxy) is 1. The minimum atomic E-state index is -0.932. The lowest BCUT2D eigenvalue weighted by atomic mass is 10.1. The first-order chi connectivity index (χ1) is 12.2. The van der Waals surface area contributed by atoms with Crippen molar-refractivity contribution in [3.05, 3.63) is 72.2 Å². The zero-order valence-corrected chi connectivity index (χ0v) is 13.6. The van der Waals surface area contributed by atoms with Crippen LogP contribution < -0.4 is 4.74 Å². The van der Waals surface area contributed by atoms with E-state index in [0.29, 0.717) is 23.2 Å². The second kappa shape index (κ2) is 5.94. The average molecular weight is 332 g/mol. The number of fused-ring (bicyclic) bond motifs is 2. The van der Waals surface area contributed by atoms with E-state index in [4.69, 9.17) is 4.74 Å². The molecule has 0 fully saturated rings. The highest BCUT2D eigenvalue weighted by Crippen LogP contribution is 2.27. The van der Waals surface area contributed by atoms with Crippen LogP contribution >= 0.6 is 0 Å². The molecule has 0 aliphatic carbocycles. The number of carboxylic acids is 1. The smallest absolute Gasteiger partial charge is 0.337 e. The van der Waals surface area contributed by atoms with Crippen molar-refractivity contribution in [2.75, 3.05) is 7.11 Å². The molecule has 0 amide bonds. The average Bonchev–Trinajstić information content (AvgIpc) is 2.99. The van der Waals surface area contributed by atoms with Crippen LogP contribution in [0, 0.1) is 0 Å². The largest absolute Gasteiger partial charge is 0.497 e. The van der Waals surface area contributed by atoms with E-state index in [1.54, 1.807) is 31.6 Å². The molecule has 0 bridgehead atoms. The number of methoxy groups -OCH3 is 1. The van der Waals surface area contributed by atoms with Gasteiger partial charge in [-0.1, -0.05) is 12.1 Å². The molecule has 2 aromatic heterocycles. The summed E-state index contributed by atoms with van der Waals surface area (Å²) in [6.45, 7) is 0.579. The summed E-state index contributed by atoms with van der Waals surface area (Å²) in [6, 6.07) is 13.6. The molecular weight excluding hydrogens is 316 g/mol. The Kier molecular flexibility index (Phi) is 3.61. The molecular formula is C20H16N2O3. The molecule has 0 saturated heterocycles. The number of pyridine rings is 1. The number of hydrogen-bond acceptors (Lipinski definition) is 3. The van der Waals surface area contributed by atoms with E-state index < -0.39 is 5.97 Å². The summed E-state index contributed by atoms with van der Waals surface area (Å²) >= 11 is 0. The zero-order chi connectivity index (χ0) is 17.4. The third-order valence-electron chi connectivity index (χ3n) is 4.38. The van der Waals surface area contributed by atoms with Gasteiger partial charge in [0.05, 0.1) is 18.2 Å². The van der Waals surface area contributed by atoms with E-state index >= 15 is 0 Å². The molecule has 4 aromatic rings. The third kappa shape index (κ3) is 2.70. The summed E-state index contributed by atoms with van der Waals surface area (Å²) in [6.07, 6.45) is 5.28. The normalized spacial score (nSPS) is 11.1. The van der Waals surface area contributed by atoms with Crippen LogP contribution in [0.1, 0.15) is 15.9 Å². The molecule has 5 heteroatoms. The van der Waals surface area contributed by atoms with Crippen LogP contribution in [-0.4, -0.2) is 27.7 Å². The number of hydrogen-bond donors (Lipinski definition) is 1. The Morgan fingerprint density at radius 1 is 1.16 bits per heavy atom. The summed E-state index contributed by atoms with van der Waals surface area (Å²) in [4.78, 5) is 15.7. The number of aromatic carboxylic acids is 1. The molecule has 124 valence electrons. The van der Waals surface area contributed by atoms with Gasteiger partial charge < -0.3 is 14.4 Å². The van der Waals surface area contributed by atoms with Crippen molar-refractivity contribution in [1.29, 1.82) is 0 Å². The van der Waals surface area contributed by atoms with Gasteiger partial charge in [0.25, 0.3) is 0 Å². The van der Waals surface area contributed by atoms with Crippen LogP contribution in [-0.2, 0) is 6.54 Å². The molecule has 0 saturated carbocycles. The van der Waals surface area contributed by atoms with E-state index in [-0.39, 0.29) is 0 Å². The van der Waals surface area contributed by atoms with E-state index in [9.17, 15) is 9.90 Å². The van der Waals surface area contributed by atoms with Gasteiger partial charge in [0.15, 0.2) is 0 Å². The standard InChI is InChI=1S/C20H16N2O3/c1-25-16-4-5-17-18(20(23)24)12-22(19(17)9-16)11-13-2-3-15-10-21-7-6-14(15)8-13/h2-10,12H,11H2,1H3,(H,23,24). The zero-order valence-electron chi connectivity index (χ0n) is 13.6. The molecule has 0 unspecified atom stereocenters. The van der Waals surface area contributed by atoms with Crippen LogP contribution in [0.2, 0.25) is 0 Å². The second-order valence-electron chi connectivity index (χ2n) is 5.92. The quantitative estimate of drug-likeness (QED) is 0.615. The fourth-order valence-corrected chi connectivity index (χ4v) is 3.13. The maximum Gasteiger partial charge on any atom is 0.337 e. The Hall–Kier alpha value is -3.34. The Morgan fingerprint density at radius 2 is 2.04 bits per heavy atom. The maximum absolute atomic E-state index is 11.6. The summed E-state index contributed by atoms with van der Waals surface area (Å²) in [5.74, 6) is -0.230. The van der Waals surface area contributed by atoms with Crippen LogP contribution in [0.4, 0.5) is 0 Å². The molecule has 1 N–H and O–H groups in total. The monoisotopic (exact) mass is 332 g/mol. The number of carboxylic acid groups (broad SMARTS) is 1. The Labute approximate surface area is 144 Å². The molecule has 0 aliphatic heterocycles. The highest BCUT2D eigenvalue weighted by molar-refractivity contribution is 6.03. The fourth-order valence-electron chi connectivity index (χ4n) is 3.13. The van der Waals surface area contributed by atoms with Crippen LogP contribution in [0.25, 0.3) is 21.7 Å². The number of rotatable bonds is 4. The Morgan fingerprint density at radius 3 is 2.84 bits per heavy atom. The summed E-state index contributed by atoms with van der Waals surface area (Å²) in [7, 11) is 1.60. The van der Waals surface area contributed by atoms with Gasteiger partial charge >= 0.3 is 5.97 Å². The lowest BCUT2D eigenvalue weighted by Gasteiger charge is -2.08. The van der Waals surface area contributed by atoms with E-state index in [1.165, 1.54) is 0 Å². The lowest BCUT2D eigenvalue weighted by molar-refractivity contribution is 0.0699. The van der Waals surface area contributed by atoms with Crippen molar-refractivity contribution in [2.24, 2.45) is 0 Å². The minimum Gasteiger partial charge on any atom is -0.497 e. The van der Waals surface area contributed by atoms with Crippen molar-refractivity contribution in [3.8, 4) is 5.75 Å². The first-order valence-corrected chi connectivity index (χ1v) is 7.88. The number of nitrogens with zero attached hydrogens (tertiary/aromatic N) is 2. The van der Waals surface area contributed by atoms with Crippen LogP contribution in [0.3, 0.4) is 0 Å². The Balaban J connectivity index is 1.82. The topological polar surface area (TPSA) is 64.3 Å². The molecule has 25 heavy (non-hydrogen) atoms. The molecule has 0 radical (unpaired) electrons. The summed E-state index contributed by atoms with van der Waals surface area (Å²) < 4.78 is 7.24. The molecule has 4 rings (SSSR count). The van der Waals surface area contributed by atoms with Gasteiger partial charge in [-0.25, -0.2) is 4.79 Å². The van der Waals surface area contributed by atoms with Gasteiger partial charge in [0, 0.05) is 42.0 Å². The first-order valence-electron chi connectivity index (χ1n) is 7.88. The molecule has 0 atom stereocenters. The van der Waals surface area contributed by atoms with Crippen LogP contribution in [0.15, 0.2) is 61.1 Å². The number of benzene rings is 2. The molecule has 2 heterocycles. The SMILES string of the molecule is COc1ccc2c(C(=O)O)cn(Cc3ccc4cnccc4c3)c2c1. The van der Waals surface area contributed by atoms with Gasteiger partial charge in [-0.3, -0.25) is 4.98 Å². The van der Waals surface area contributed by atoms with Crippen LogP contribution in [0.5, 0.6) is 5.75 Å². The minimum absolute atomic E-state index is 0.294. The summed E-state index contributed by atoms with van der Waals surface area (Å²) in [5, 5.41) is 12.4.